The first-order valence-electron chi connectivity index (χ1n) is 6.89. The Morgan fingerprint density at radius 3 is 2.63 bits per heavy atom. The molecule has 3 N–H and O–H groups in total. The summed E-state index contributed by atoms with van der Waals surface area (Å²) in [6.07, 6.45) is 3.80. The summed E-state index contributed by atoms with van der Waals surface area (Å²) in [6, 6.07) is 6.82. The molecule has 0 bridgehead atoms. The van der Waals surface area contributed by atoms with E-state index in [0.717, 1.165) is 22.5 Å². The number of hydrogen-bond acceptors (Lipinski definition) is 2. The molecule has 0 unspecified atom stereocenters. The van der Waals surface area contributed by atoms with Crippen LogP contribution in [0.2, 0.25) is 0 Å². The van der Waals surface area contributed by atoms with Crippen LogP contribution in [0.4, 0.5) is 5.69 Å². The van der Waals surface area contributed by atoms with Gasteiger partial charge >= 0.3 is 0 Å². The summed E-state index contributed by atoms with van der Waals surface area (Å²) in [6.45, 7) is 5.63. The van der Waals surface area contributed by atoms with E-state index in [1.807, 2.05) is 6.07 Å². The van der Waals surface area contributed by atoms with Crippen LogP contribution in [0.5, 0.6) is 0 Å². The van der Waals surface area contributed by atoms with Crippen molar-refractivity contribution < 1.29 is 0 Å². The fraction of sp³-hybridized carbons (Fsp3) is 0.533. The minimum Gasteiger partial charge on any atom is -0.384 e. The molecule has 0 radical (unpaired) electrons. The molecule has 0 atom stereocenters. The summed E-state index contributed by atoms with van der Waals surface area (Å²) in [7, 11) is 0. The Morgan fingerprint density at radius 1 is 1.47 bits per heavy atom. The number of hydrogen-bond donors (Lipinski definition) is 2. The van der Waals surface area contributed by atoms with Crippen molar-refractivity contribution in [3.8, 4) is 0 Å². The molecule has 19 heavy (non-hydrogen) atoms. The SMILES string of the molecule is CC(C)CCN(c1ccc(C(=N)N)c(Br)c1)C1CC1. The molecule has 2 rings (SSSR count). The number of benzene rings is 1. The Hall–Kier alpha value is -1.03. The minimum absolute atomic E-state index is 0.110. The largest absolute Gasteiger partial charge is 0.384 e. The van der Waals surface area contributed by atoms with Gasteiger partial charge in [-0.1, -0.05) is 13.8 Å². The quantitative estimate of drug-likeness (QED) is 0.618. The molecule has 1 fully saturated rings. The van der Waals surface area contributed by atoms with Crippen LogP contribution in [0.15, 0.2) is 22.7 Å². The zero-order valence-electron chi connectivity index (χ0n) is 11.6. The van der Waals surface area contributed by atoms with Gasteiger partial charge in [0.05, 0.1) is 0 Å². The first kappa shape index (κ1) is 14.4. The molecule has 104 valence electrons. The third-order valence-corrected chi connectivity index (χ3v) is 4.17. The molecule has 1 aliphatic rings. The van der Waals surface area contributed by atoms with Gasteiger partial charge in [0, 0.05) is 28.3 Å². The summed E-state index contributed by atoms with van der Waals surface area (Å²) in [5.74, 6) is 0.833. The van der Waals surface area contributed by atoms with Crippen molar-refractivity contribution in [1.82, 2.24) is 0 Å². The number of rotatable bonds is 6. The lowest BCUT2D eigenvalue weighted by atomic mass is 10.1. The van der Waals surface area contributed by atoms with Crippen LogP contribution in [-0.4, -0.2) is 18.4 Å². The molecular weight excluding hydrogens is 302 g/mol. The van der Waals surface area contributed by atoms with Crippen molar-refractivity contribution in [3.63, 3.8) is 0 Å². The highest BCUT2D eigenvalue weighted by molar-refractivity contribution is 9.10. The van der Waals surface area contributed by atoms with Gasteiger partial charge in [0.2, 0.25) is 0 Å². The summed E-state index contributed by atoms with van der Waals surface area (Å²) >= 11 is 3.52. The Morgan fingerprint density at radius 2 is 2.16 bits per heavy atom. The molecule has 0 aromatic heterocycles. The van der Waals surface area contributed by atoms with Gasteiger partial charge in [-0.3, -0.25) is 5.41 Å². The summed E-state index contributed by atoms with van der Waals surface area (Å²) in [4.78, 5) is 2.49. The molecule has 0 spiro atoms. The van der Waals surface area contributed by atoms with E-state index in [4.69, 9.17) is 11.1 Å². The number of nitrogens with zero attached hydrogens (tertiary/aromatic N) is 1. The van der Waals surface area contributed by atoms with Crippen LogP contribution in [-0.2, 0) is 0 Å². The van der Waals surface area contributed by atoms with Crippen molar-refractivity contribution in [3.05, 3.63) is 28.2 Å². The number of amidine groups is 1. The number of nitrogen functional groups attached to an aromatic ring is 1. The molecule has 4 heteroatoms. The van der Waals surface area contributed by atoms with Crippen molar-refractivity contribution in [2.75, 3.05) is 11.4 Å². The van der Waals surface area contributed by atoms with E-state index in [1.165, 1.54) is 24.9 Å². The van der Waals surface area contributed by atoms with E-state index in [9.17, 15) is 0 Å². The second-order valence-corrected chi connectivity index (χ2v) is 6.54. The topological polar surface area (TPSA) is 53.1 Å². The molecule has 1 saturated carbocycles. The van der Waals surface area contributed by atoms with Crippen LogP contribution in [0.3, 0.4) is 0 Å². The predicted molar refractivity (Wildman–Crippen MR) is 85.0 cm³/mol. The van der Waals surface area contributed by atoms with Crippen LogP contribution in [0, 0.1) is 11.3 Å². The van der Waals surface area contributed by atoms with Gasteiger partial charge in [0.25, 0.3) is 0 Å². The van der Waals surface area contributed by atoms with Crippen LogP contribution < -0.4 is 10.6 Å². The highest BCUT2D eigenvalue weighted by Gasteiger charge is 2.29. The van der Waals surface area contributed by atoms with Crippen LogP contribution in [0.25, 0.3) is 0 Å². The predicted octanol–water partition coefficient (Wildman–Crippen LogP) is 3.75. The highest BCUT2D eigenvalue weighted by Crippen LogP contribution is 2.34. The molecule has 0 saturated heterocycles. The number of nitrogens with one attached hydrogen (secondary N) is 1. The van der Waals surface area contributed by atoms with Crippen molar-refractivity contribution in [1.29, 1.82) is 5.41 Å². The molecule has 3 nitrogen and oxygen atoms in total. The second kappa shape index (κ2) is 5.95. The third kappa shape index (κ3) is 3.72. The van der Waals surface area contributed by atoms with E-state index in [1.54, 1.807) is 0 Å². The summed E-state index contributed by atoms with van der Waals surface area (Å²) in [5, 5.41) is 7.52. The zero-order chi connectivity index (χ0) is 14.0. The molecule has 0 amide bonds. The Kier molecular flexibility index (Phi) is 4.50. The van der Waals surface area contributed by atoms with Crippen molar-refractivity contribution in [2.45, 2.75) is 39.2 Å². The average Bonchev–Trinajstić information content (AvgIpc) is 3.13. The molecule has 0 heterocycles. The van der Waals surface area contributed by atoms with Gasteiger partial charge in [-0.25, -0.2) is 0 Å². The maximum atomic E-state index is 7.52. The standard InChI is InChI=1S/C15H22BrN3/c1-10(2)7-8-19(11-3-4-11)12-5-6-13(15(17)18)14(16)9-12/h5-6,9-11H,3-4,7-8H2,1-2H3,(H3,17,18). The lowest BCUT2D eigenvalue weighted by molar-refractivity contribution is 0.571. The molecule has 0 aliphatic heterocycles. The molecule has 1 aromatic rings. The van der Waals surface area contributed by atoms with E-state index in [0.29, 0.717) is 6.04 Å². The smallest absolute Gasteiger partial charge is 0.123 e. The third-order valence-electron chi connectivity index (χ3n) is 3.51. The number of halogens is 1. The number of anilines is 1. The molecule has 1 aromatic carbocycles. The van der Waals surface area contributed by atoms with Gasteiger partial charge in [-0.2, -0.15) is 0 Å². The van der Waals surface area contributed by atoms with Crippen molar-refractivity contribution >= 4 is 27.5 Å². The lowest BCUT2D eigenvalue weighted by Gasteiger charge is -2.26. The maximum absolute atomic E-state index is 7.52. The van der Waals surface area contributed by atoms with Gasteiger partial charge in [-0.15, -0.1) is 0 Å². The zero-order valence-corrected chi connectivity index (χ0v) is 13.2. The molecule has 1 aliphatic carbocycles. The summed E-state index contributed by atoms with van der Waals surface area (Å²) in [5.41, 5.74) is 7.55. The van der Waals surface area contributed by atoms with Gasteiger partial charge < -0.3 is 10.6 Å². The Bertz CT molecular complexity index is 466. The van der Waals surface area contributed by atoms with Gasteiger partial charge in [0.15, 0.2) is 0 Å². The first-order valence-corrected chi connectivity index (χ1v) is 7.69. The Balaban J connectivity index is 2.17. The minimum atomic E-state index is 0.110. The summed E-state index contributed by atoms with van der Waals surface area (Å²) < 4.78 is 0.910. The first-order chi connectivity index (χ1) is 8.99. The lowest BCUT2D eigenvalue weighted by Crippen LogP contribution is -2.27. The fourth-order valence-corrected chi connectivity index (χ4v) is 2.79. The highest BCUT2D eigenvalue weighted by atomic mass is 79.9. The number of nitrogens with two attached hydrogens (primary N) is 1. The maximum Gasteiger partial charge on any atom is 0.123 e. The average molecular weight is 324 g/mol. The van der Waals surface area contributed by atoms with E-state index in [-0.39, 0.29) is 5.84 Å². The van der Waals surface area contributed by atoms with E-state index < -0.39 is 0 Å². The van der Waals surface area contributed by atoms with Crippen LogP contribution in [0.1, 0.15) is 38.7 Å². The van der Waals surface area contributed by atoms with E-state index in [2.05, 4.69) is 46.8 Å². The van der Waals surface area contributed by atoms with Gasteiger partial charge in [0.1, 0.15) is 5.84 Å². The Labute approximate surface area is 123 Å². The van der Waals surface area contributed by atoms with Crippen LogP contribution >= 0.6 is 15.9 Å². The van der Waals surface area contributed by atoms with E-state index >= 15 is 0 Å². The molecular formula is C15H22BrN3. The monoisotopic (exact) mass is 323 g/mol. The normalized spacial score (nSPS) is 14.7. The fourth-order valence-electron chi connectivity index (χ4n) is 2.21. The second-order valence-electron chi connectivity index (χ2n) is 5.68. The van der Waals surface area contributed by atoms with Gasteiger partial charge in [-0.05, 0) is 59.3 Å². The van der Waals surface area contributed by atoms with Crippen molar-refractivity contribution in [2.24, 2.45) is 11.7 Å².